The molecule has 0 fully saturated rings. The fraction of sp³-hybridized carbons (Fsp3) is 0.0714. The van der Waals surface area contributed by atoms with Crippen LogP contribution in [-0.4, -0.2) is 25.6 Å². The third kappa shape index (κ3) is 1.92. The molecule has 0 aliphatic heterocycles. The summed E-state index contributed by atoms with van der Waals surface area (Å²) in [5.74, 6) is -1.00. The van der Waals surface area contributed by atoms with Gasteiger partial charge >= 0.3 is 5.97 Å². The lowest BCUT2D eigenvalue weighted by molar-refractivity contribution is 0.0699. The fourth-order valence-electron chi connectivity index (χ4n) is 2.11. The smallest absolute Gasteiger partial charge is 0.337 e. The van der Waals surface area contributed by atoms with Crippen molar-refractivity contribution in [2.45, 2.75) is 6.92 Å². The molecule has 0 radical (unpaired) electrons. The summed E-state index contributed by atoms with van der Waals surface area (Å²) >= 11 is 6.12. The molecule has 0 atom stereocenters. The molecule has 3 aromatic rings. The first-order valence-electron chi connectivity index (χ1n) is 5.90. The van der Waals surface area contributed by atoms with Gasteiger partial charge in [-0.3, -0.25) is 4.98 Å². The molecule has 0 bridgehead atoms. The molecule has 0 saturated heterocycles. The molecule has 0 unspecified atom stereocenters. The number of rotatable bonds is 2. The highest BCUT2D eigenvalue weighted by atomic mass is 35.5. The van der Waals surface area contributed by atoms with E-state index >= 15 is 0 Å². The van der Waals surface area contributed by atoms with Crippen molar-refractivity contribution >= 4 is 28.5 Å². The van der Waals surface area contributed by atoms with E-state index in [2.05, 4.69) is 9.97 Å². The van der Waals surface area contributed by atoms with Gasteiger partial charge in [-0.2, -0.15) is 0 Å². The molecule has 0 amide bonds. The lowest BCUT2D eigenvalue weighted by atomic mass is 10.2. The number of carboxylic acid groups (broad SMARTS) is 1. The Bertz CT molecular complexity index is 809. The molecule has 1 N–H and O–H groups in total. The van der Waals surface area contributed by atoms with E-state index in [0.29, 0.717) is 10.9 Å². The number of aryl methyl sites for hydroxylation is 1. The largest absolute Gasteiger partial charge is 0.478 e. The third-order valence-corrected chi connectivity index (χ3v) is 3.35. The SMILES string of the molecule is Cc1ccc(-n2cc(C(=O)O)c3ccnc(Cl)c32)cn1. The minimum Gasteiger partial charge on any atom is -0.478 e. The molecule has 5 nitrogen and oxygen atoms in total. The fourth-order valence-corrected chi connectivity index (χ4v) is 2.36. The standard InChI is InChI=1S/C14H10ClN3O2/c1-8-2-3-9(6-17-8)18-7-11(14(19)20)10-4-5-16-13(15)12(10)18/h2-7H,1H3,(H,19,20). The summed E-state index contributed by atoms with van der Waals surface area (Å²) in [5.41, 5.74) is 2.37. The molecule has 0 aliphatic rings. The van der Waals surface area contributed by atoms with Crippen LogP contribution in [0.15, 0.2) is 36.8 Å². The number of aromatic nitrogens is 3. The lowest BCUT2D eigenvalue weighted by Crippen LogP contribution is -1.96. The van der Waals surface area contributed by atoms with Crippen molar-refractivity contribution < 1.29 is 9.90 Å². The van der Waals surface area contributed by atoms with Crippen molar-refractivity contribution in [3.05, 3.63) is 53.2 Å². The van der Waals surface area contributed by atoms with Gasteiger partial charge in [0, 0.05) is 23.5 Å². The van der Waals surface area contributed by atoms with E-state index in [1.807, 2.05) is 19.1 Å². The Hall–Kier alpha value is -2.40. The number of fused-ring (bicyclic) bond motifs is 1. The summed E-state index contributed by atoms with van der Waals surface area (Å²) in [4.78, 5) is 19.6. The maximum Gasteiger partial charge on any atom is 0.337 e. The van der Waals surface area contributed by atoms with E-state index in [-0.39, 0.29) is 10.7 Å². The van der Waals surface area contributed by atoms with Crippen LogP contribution in [0.4, 0.5) is 0 Å². The van der Waals surface area contributed by atoms with Gasteiger partial charge < -0.3 is 9.67 Å². The first-order chi connectivity index (χ1) is 9.58. The summed E-state index contributed by atoms with van der Waals surface area (Å²) in [6.45, 7) is 1.88. The Morgan fingerprint density at radius 2 is 2.10 bits per heavy atom. The van der Waals surface area contributed by atoms with Crippen LogP contribution in [0.25, 0.3) is 16.6 Å². The van der Waals surface area contributed by atoms with E-state index in [1.165, 1.54) is 12.4 Å². The van der Waals surface area contributed by atoms with Crippen LogP contribution in [0.3, 0.4) is 0 Å². The number of aromatic carboxylic acids is 1. The van der Waals surface area contributed by atoms with Crippen LogP contribution in [0.2, 0.25) is 5.15 Å². The van der Waals surface area contributed by atoms with Crippen molar-refractivity contribution in [2.24, 2.45) is 0 Å². The third-order valence-electron chi connectivity index (χ3n) is 3.07. The molecule has 100 valence electrons. The molecule has 0 aliphatic carbocycles. The highest BCUT2D eigenvalue weighted by Gasteiger charge is 2.17. The number of carboxylic acids is 1. The molecular weight excluding hydrogens is 278 g/mol. The number of hydrogen-bond donors (Lipinski definition) is 1. The van der Waals surface area contributed by atoms with Crippen molar-refractivity contribution in [2.75, 3.05) is 0 Å². The Kier molecular flexibility index (Phi) is 2.91. The molecule has 0 spiro atoms. The van der Waals surface area contributed by atoms with Gasteiger partial charge in [0.2, 0.25) is 0 Å². The zero-order chi connectivity index (χ0) is 14.3. The Labute approximate surface area is 119 Å². The van der Waals surface area contributed by atoms with Gasteiger partial charge in [-0.25, -0.2) is 9.78 Å². The summed E-state index contributed by atoms with van der Waals surface area (Å²) < 4.78 is 1.70. The van der Waals surface area contributed by atoms with Crippen molar-refractivity contribution in [3.8, 4) is 5.69 Å². The molecule has 3 aromatic heterocycles. The molecule has 3 rings (SSSR count). The first kappa shape index (κ1) is 12.6. The molecule has 3 heterocycles. The molecule has 0 aromatic carbocycles. The van der Waals surface area contributed by atoms with Gasteiger partial charge in [-0.05, 0) is 25.1 Å². The highest BCUT2D eigenvalue weighted by molar-refractivity contribution is 6.34. The van der Waals surface area contributed by atoms with Crippen LogP contribution >= 0.6 is 11.6 Å². The van der Waals surface area contributed by atoms with Crippen LogP contribution in [0.5, 0.6) is 0 Å². The lowest BCUT2D eigenvalue weighted by Gasteiger charge is -2.05. The van der Waals surface area contributed by atoms with Crippen LogP contribution in [0.1, 0.15) is 16.1 Å². The quantitative estimate of drug-likeness (QED) is 0.736. The molecule has 6 heteroatoms. The first-order valence-corrected chi connectivity index (χ1v) is 6.27. The van der Waals surface area contributed by atoms with Crippen LogP contribution < -0.4 is 0 Å². The van der Waals surface area contributed by atoms with Gasteiger partial charge in [0.15, 0.2) is 5.15 Å². The second-order valence-electron chi connectivity index (χ2n) is 4.37. The molecular formula is C14H10ClN3O2. The maximum absolute atomic E-state index is 11.3. The number of hydrogen-bond acceptors (Lipinski definition) is 3. The maximum atomic E-state index is 11.3. The Morgan fingerprint density at radius 1 is 1.30 bits per heavy atom. The van der Waals surface area contributed by atoms with Gasteiger partial charge in [0.05, 0.1) is 23.0 Å². The number of halogens is 1. The highest BCUT2D eigenvalue weighted by Crippen LogP contribution is 2.29. The average Bonchev–Trinajstić information content (AvgIpc) is 2.81. The Morgan fingerprint density at radius 3 is 2.75 bits per heavy atom. The predicted molar refractivity (Wildman–Crippen MR) is 75.6 cm³/mol. The van der Waals surface area contributed by atoms with E-state index in [4.69, 9.17) is 11.6 Å². The number of carbonyl (C=O) groups is 1. The van der Waals surface area contributed by atoms with Crippen LogP contribution in [-0.2, 0) is 0 Å². The number of pyridine rings is 2. The Balaban J connectivity index is 2.35. The minimum atomic E-state index is -1.00. The topological polar surface area (TPSA) is 68.0 Å². The van der Waals surface area contributed by atoms with Gasteiger partial charge in [-0.1, -0.05) is 11.6 Å². The summed E-state index contributed by atoms with van der Waals surface area (Å²) in [5, 5.41) is 10.1. The predicted octanol–water partition coefficient (Wildman–Crippen LogP) is 3.08. The van der Waals surface area contributed by atoms with Crippen molar-refractivity contribution in [3.63, 3.8) is 0 Å². The molecule has 0 saturated carbocycles. The van der Waals surface area contributed by atoms with Gasteiger partial charge in [-0.15, -0.1) is 0 Å². The van der Waals surface area contributed by atoms with Crippen molar-refractivity contribution in [1.82, 2.24) is 14.5 Å². The monoisotopic (exact) mass is 287 g/mol. The zero-order valence-corrected chi connectivity index (χ0v) is 11.3. The summed E-state index contributed by atoms with van der Waals surface area (Å²) in [6.07, 6.45) is 4.70. The van der Waals surface area contributed by atoms with Crippen LogP contribution in [0, 0.1) is 6.92 Å². The second kappa shape index (κ2) is 4.61. The van der Waals surface area contributed by atoms with E-state index in [9.17, 15) is 9.90 Å². The van der Waals surface area contributed by atoms with E-state index < -0.39 is 5.97 Å². The number of nitrogens with zero attached hydrogens (tertiary/aromatic N) is 3. The van der Waals surface area contributed by atoms with Gasteiger partial charge in [0.25, 0.3) is 0 Å². The van der Waals surface area contributed by atoms with E-state index in [1.54, 1.807) is 16.8 Å². The molecule has 20 heavy (non-hydrogen) atoms. The van der Waals surface area contributed by atoms with Crippen molar-refractivity contribution in [1.29, 1.82) is 0 Å². The minimum absolute atomic E-state index is 0.185. The summed E-state index contributed by atoms with van der Waals surface area (Å²) in [7, 11) is 0. The summed E-state index contributed by atoms with van der Waals surface area (Å²) in [6, 6.07) is 5.35. The average molecular weight is 288 g/mol. The van der Waals surface area contributed by atoms with Gasteiger partial charge in [0.1, 0.15) is 0 Å². The zero-order valence-electron chi connectivity index (χ0n) is 10.5. The second-order valence-corrected chi connectivity index (χ2v) is 4.73. The normalized spacial score (nSPS) is 10.9. The van der Waals surface area contributed by atoms with E-state index in [0.717, 1.165) is 11.4 Å².